The molecule has 25 heavy (non-hydrogen) atoms. The van der Waals surface area contributed by atoms with Crippen molar-refractivity contribution in [1.29, 1.82) is 0 Å². The summed E-state index contributed by atoms with van der Waals surface area (Å²) in [7, 11) is -3.94. The summed E-state index contributed by atoms with van der Waals surface area (Å²) < 4.78 is 38.3. The minimum absolute atomic E-state index is 0.0950. The van der Waals surface area contributed by atoms with Crippen molar-refractivity contribution in [2.75, 3.05) is 17.9 Å². The molecule has 0 atom stereocenters. The predicted octanol–water partition coefficient (Wildman–Crippen LogP) is 3.19. The van der Waals surface area contributed by atoms with Gasteiger partial charge in [-0.15, -0.1) is 0 Å². The molecule has 0 bridgehead atoms. The summed E-state index contributed by atoms with van der Waals surface area (Å²) in [6.07, 6.45) is 0. The van der Waals surface area contributed by atoms with Gasteiger partial charge in [0.15, 0.2) is 0 Å². The van der Waals surface area contributed by atoms with Crippen LogP contribution in [0.15, 0.2) is 47.4 Å². The van der Waals surface area contributed by atoms with Gasteiger partial charge in [-0.2, -0.15) is 0 Å². The van der Waals surface area contributed by atoms with E-state index < -0.39 is 14.9 Å². The van der Waals surface area contributed by atoms with Gasteiger partial charge in [-0.3, -0.25) is 14.8 Å². The van der Waals surface area contributed by atoms with E-state index in [-0.39, 0.29) is 16.3 Å². The molecule has 2 aromatic carbocycles. The zero-order valence-corrected chi connectivity index (χ0v) is 14.6. The molecule has 134 valence electrons. The van der Waals surface area contributed by atoms with E-state index in [0.717, 1.165) is 12.1 Å². The average Bonchev–Trinajstić information content (AvgIpc) is 2.57. The number of nitrogens with zero attached hydrogens (tertiary/aromatic N) is 1. The number of nitrogens with one attached hydrogen (secondary N) is 1. The minimum Gasteiger partial charge on any atom is -0.494 e. The first-order chi connectivity index (χ1) is 11.9. The largest absolute Gasteiger partial charge is 0.494 e. The van der Waals surface area contributed by atoms with Gasteiger partial charge in [0, 0.05) is 18.2 Å². The summed E-state index contributed by atoms with van der Waals surface area (Å²) in [6.45, 7) is 4.39. The zero-order valence-electron chi connectivity index (χ0n) is 13.8. The number of benzene rings is 2. The highest BCUT2D eigenvalue weighted by atomic mass is 32.2. The van der Waals surface area contributed by atoms with Gasteiger partial charge in [-0.05, 0) is 38.1 Å². The Morgan fingerprint density at radius 1 is 1.04 bits per heavy atom. The third-order valence-corrected chi connectivity index (χ3v) is 4.55. The Morgan fingerprint density at radius 3 is 2.24 bits per heavy atom. The molecule has 0 spiro atoms. The first-order valence-electron chi connectivity index (χ1n) is 7.54. The van der Waals surface area contributed by atoms with Gasteiger partial charge in [0.25, 0.3) is 15.7 Å². The molecule has 0 aliphatic carbocycles. The van der Waals surface area contributed by atoms with Crippen molar-refractivity contribution in [3.63, 3.8) is 0 Å². The molecule has 2 aromatic rings. The molecule has 0 fully saturated rings. The summed E-state index contributed by atoms with van der Waals surface area (Å²) in [6, 6.07) is 9.43. The van der Waals surface area contributed by atoms with Crippen molar-refractivity contribution < 1.29 is 22.8 Å². The summed E-state index contributed by atoms with van der Waals surface area (Å²) in [5.41, 5.74) is 0.0402. The Kier molecular flexibility index (Phi) is 5.81. The molecule has 0 aliphatic rings. The Labute approximate surface area is 145 Å². The second-order valence-corrected chi connectivity index (χ2v) is 6.56. The second-order valence-electron chi connectivity index (χ2n) is 4.88. The smallest absolute Gasteiger partial charge is 0.269 e. The van der Waals surface area contributed by atoms with Gasteiger partial charge in [-0.1, -0.05) is 0 Å². The van der Waals surface area contributed by atoms with Gasteiger partial charge < -0.3 is 9.47 Å². The van der Waals surface area contributed by atoms with Crippen LogP contribution in [0.2, 0.25) is 0 Å². The molecule has 0 saturated carbocycles. The molecule has 0 amide bonds. The summed E-state index contributed by atoms with van der Waals surface area (Å²) >= 11 is 0. The fraction of sp³-hybridized carbons (Fsp3) is 0.250. The van der Waals surface area contributed by atoms with Crippen LogP contribution >= 0.6 is 0 Å². The lowest BCUT2D eigenvalue weighted by atomic mass is 10.3. The van der Waals surface area contributed by atoms with Crippen molar-refractivity contribution in [3.05, 3.63) is 52.6 Å². The number of non-ortho nitro benzene ring substituents is 1. The number of rotatable bonds is 8. The third-order valence-electron chi connectivity index (χ3n) is 3.16. The Morgan fingerprint density at radius 2 is 1.68 bits per heavy atom. The van der Waals surface area contributed by atoms with E-state index in [9.17, 15) is 18.5 Å². The quantitative estimate of drug-likeness (QED) is 0.568. The third kappa shape index (κ3) is 4.60. The number of sulfonamides is 1. The lowest BCUT2D eigenvalue weighted by Gasteiger charge is -2.14. The van der Waals surface area contributed by atoms with E-state index in [1.54, 1.807) is 19.1 Å². The van der Waals surface area contributed by atoms with E-state index in [1.807, 2.05) is 6.92 Å². The predicted molar refractivity (Wildman–Crippen MR) is 92.7 cm³/mol. The molecule has 2 rings (SSSR count). The van der Waals surface area contributed by atoms with E-state index >= 15 is 0 Å². The molecular formula is C16H18N2O6S. The lowest BCUT2D eigenvalue weighted by Crippen LogP contribution is -2.14. The Balaban J connectivity index is 2.35. The van der Waals surface area contributed by atoms with Crippen LogP contribution in [0.3, 0.4) is 0 Å². The summed E-state index contributed by atoms with van der Waals surface area (Å²) in [4.78, 5) is 9.99. The van der Waals surface area contributed by atoms with Crippen LogP contribution in [0.25, 0.3) is 0 Å². The van der Waals surface area contributed by atoms with Crippen LogP contribution < -0.4 is 14.2 Å². The molecular weight excluding hydrogens is 348 g/mol. The molecule has 0 heterocycles. The maximum atomic E-state index is 12.5. The van der Waals surface area contributed by atoms with Crippen molar-refractivity contribution in [3.8, 4) is 11.5 Å². The highest BCUT2D eigenvalue weighted by molar-refractivity contribution is 7.92. The van der Waals surface area contributed by atoms with Gasteiger partial charge in [0.1, 0.15) is 11.5 Å². The fourth-order valence-corrected chi connectivity index (χ4v) is 3.14. The molecule has 0 unspecified atom stereocenters. The summed E-state index contributed by atoms with van der Waals surface area (Å²) in [5, 5.41) is 10.7. The van der Waals surface area contributed by atoms with Crippen molar-refractivity contribution in [1.82, 2.24) is 0 Å². The maximum absolute atomic E-state index is 12.5. The van der Waals surface area contributed by atoms with Gasteiger partial charge in [-0.25, -0.2) is 8.42 Å². The van der Waals surface area contributed by atoms with Crippen LogP contribution in [-0.2, 0) is 10.0 Å². The number of nitro benzene ring substituents is 1. The van der Waals surface area contributed by atoms with Crippen LogP contribution in [0.4, 0.5) is 11.4 Å². The van der Waals surface area contributed by atoms with Crippen LogP contribution in [0.5, 0.6) is 11.5 Å². The molecule has 9 heteroatoms. The first kappa shape index (κ1) is 18.5. The van der Waals surface area contributed by atoms with Crippen LogP contribution in [0, 0.1) is 10.1 Å². The van der Waals surface area contributed by atoms with Gasteiger partial charge in [0.2, 0.25) is 0 Å². The standard InChI is InChI=1S/C16H18N2O6S/c1-3-23-13-7-10-16(24-4-2)15(11-13)17-25(21,22)14-8-5-12(6-9-14)18(19)20/h5-11,17H,3-4H2,1-2H3. The van der Waals surface area contributed by atoms with Crippen molar-refractivity contribution >= 4 is 21.4 Å². The van der Waals surface area contributed by atoms with E-state index in [2.05, 4.69) is 4.72 Å². The topological polar surface area (TPSA) is 108 Å². The van der Waals surface area contributed by atoms with E-state index in [1.165, 1.54) is 18.2 Å². The van der Waals surface area contributed by atoms with Crippen LogP contribution in [0.1, 0.15) is 13.8 Å². The molecule has 0 saturated heterocycles. The Hall–Kier alpha value is -2.81. The zero-order chi connectivity index (χ0) is 18.4. The van der Waals surface area contributed by atoms with Gasteiger partial charge in [0.05, 0.1) is 28.7 Å². The average molecular weight is 366 g/mol. The lowest BCUT2D eigenvalue weighted by molar-refractivity contribution is -0.384. The molecule has 0 aliphatic heterocycles. The normalized spacial score (nSPS) is 11.0. The number of hydrogen-bond acceptors (Lipinski definition) is 6. The number of nitro groups is 1. The highest BCUT2D eigenvalue weighted by Gasteiger charge is 2.18. The molecule has 0 aromatic heterocycles. The SMILES string of the molecule is CCOc1ccc(OCC)c(NS(=O)(=O)c2ccc([N+](=O)[O-])cc2)c1. The number of ether oxygens (including phenoxy) is 2. The monoisotopic (exact) mass is 366 g/mol. The maximum Gasteiger partial charge on any atom is 0.269 e. The van der Waals surface area contributed by atoms with Crippen LogP contribution in [-0.4, -0.2) is 26.6 Å². The molecule has 0 radical (unpaired) electrons. The minimum atomic E-state index is -3.94. The molecule has 1 N–H and O–H groups in total. The number of hydrogen-bond donors (Lipinski definition) is 1. The fourth-order valence-electron chi connectivity index (χ4n) is 2.08. The second kappa shape index (κ2) is 7.84. The summed E-state index contributed by atoms with van der Waals surface area (Å²) in [5.74, 6) is 0.851. The van der Waals surface area contributed by atoms with E-state index in [4.69, 9.17) is 9.47 Å². The van der Waals surface area contributed by atoms with Crippen molar-refractivity contribution in [2.45, 2.75) is 18.7 Å². The Bertz CT molecular complexity index is 849. The van der Waals surface area contributed by atoms with E-state index in [0.29, 0.717) is 24.7 Å². The van der Waals surface area contributed by atoms with Crippen molar-refractivity contribution in [2.24, 2.45) is 0 Å². The van der Waals surface area contributed by atoms with Gasteiger partial charge >= 0.3 is 0 Å². The first-order valence-corrected chi connectivity index (χ1v) is 9.02. The molecule has 8 nitrogen and oxygen atoms in total. The number of anilines is 1. The highest BCUT2D eigenvalue weighted by Crippen LogP contribution is 2.31.